The van der Waals surface area contributed by atoms with Crippen molar-refractivity contribution in [3.05, 3.63) is 101 Å². The summed E-state index contributed by atoms with van der Waals surface area (Å²) in [6, 6.07) is 17.1. The van der Waals surface area contributed by atoms with E-state index in [1.807, 2.05) is 41.8 Å². The number of hydrogen-bond donors (Lipinski definition) is 0. The Labute approximate surface area is 203 Å². The lowest BCUT2D eigenvalue weighted by molar-refractivity contribution is -0.142. The number of rotatable bonds is 9. The van der Waals surface area contributed by atoms with E-state index in [0.717, 1.165) is 17.5 Å². The quantitative estimate of drug-likeness (QED) is 0.421. The van der Waals surface area contributed by atoms with Crippen molar-refractivity contribution in [3.63, 3.8) is 0 Å². The van der Waals surface area contributed by atoms with Crippen molar-refractivity contribution in [1.29, 1.82) is 0 Å². The Morgan fingerprint density at radius 1 is 1.15 bits per heavy atom. The summed E-state index contributed by atoms with van der Waals surface area (Å²) in [5, 5.41) is 2.02. The minimum absolute atomic E-state index is 0.0236. The fraction of sp³-hybridized carbons (Fsp3) is 0.259. The Bertz CT molecular complexity index is 1130. The second kappa shape index (κ2) is 11.1. The van der Waals surface area contributed by atoms with E-state index in [1.165, 1.54) is 17.0 Å². The molecule has 4 rings (SSSR count). The molecule has 1 aliphatic rings. The van der Waals surface area contributed by atoms with E-state index in [4.69, 9.17) is 4.74 Å². The molecule has 3 aromatic rings. The van der Waals surface area contributed by atoms with Crippen LogP contribution >= 0.6 is 11.3 Å². The third kappa shape index (κ3) is 5.72. The molecule has 2 amide bonds. The van der Waals surface area contributed by atoms with Crippen LogP contribution in [0.25, 0.3) is 0 Å². The first kappa shape index (κ1) is 23.7. The number of thiophene rings is 1. The van der Waals surface area contributed by atoms with E-state index in [2.05, 4.69) is 6.58 Å². The molecule has 0 bridgehead atoms. The van der Waals surface area contributed by atoms with Crippen LogP contribution in [0.2, 0.25) is 0 Å². The van der Waals surface area contributed by atoms with Gasteiger partial charge < -0.3 is 14.5 Å². The number of ether oxygens (including phenoxy) is 1. The van der Waals surface area contributed by atoms with Crippen molar-refractivity contribution in [2.45, 2.75) is 18.9 Å². The maximum absolute atomic E-state index is 13.4. The highest BCUT2D eigenvalue weighted by Gasteiger charge is 2.33. The predicted molar refractivity (Wildman–Crippen MR) is 131 cm³/mol. The average molecular weight is 479 g/mol. The standard InChI is InChI=1S/C27H27FN2O3S/c1-2-14-29(26(31)17-20-6-4-3-5-7-20)18-27(32)30-15-12-25-23(13-16-34-25)24(30)19-33-22-10-8-21(28)9-11-22/h2-11,13,16,24H,1,12,14-15,17-19H2/t24-/m1/s1. The van der Waals surface area contributed by atoms with Crippen LogP contribution in [-0.2, 0) is 22.4 Å². The van der Waals surface area contributed by atoms with Crippen LogP contribution in [0.15, 0.2) is 78.7 Å². The molecular weight excluding hydrogens is 451 g/mol. The molecule has 1 aromatic heterocycles. The van der Waals surface area contributed by atoms with Gasteiger partial charge in [0.05, 0.1) is 12.5 Å². The Balaban J connectivity index is 1.47. The summed E-state index contributed by atoms with van der Waals surface area (Å²) in [6.07, 6.45) is 2.64. The van der Waals surface area contributed by atoms with Gasteiger partial charge in [-0.1, -0.05) is 36.4 Å². The van der Waals surface area contributed by atoms with Crippen molar-refractivity contribution >= 4 is 23.2 Å². The number of benzene rings is 2. The molecule has 176 valence electrons. The SMILES string of the molecule is C=CCN(CC(=O)N1CCc2sccc2[C@H]1COc1ccc(F)cc1)C(=O)Cc1ccccc1. The van der Waals surface area contributed by atoms with E-state index >= 15 is 0 Å². The maximum Gasteiger partial charge on any atom is 0.242 e. The van der Waals surface area contributed by atoms with Crippen molar-refractivity contribution in [2.24, 2.45) is 0 Å². The molecule has 0 fully saturated rings. The Morgan fingerprint density at radius 2 is 1.91 bits per heavy atom. The maximum atomic E-state index is 13.4. The van der Waals surface area contributed by atoms with E-state index in [0.29, 0.717) is 18.8 Å². The lowest BCUT2D eigenvalue weighted by Crippen LogP contribution is -2.48. The number of hydrogen-bond acceptors (Lipinski definition) is 4. The first-order valence-corrected chi connectivity index (χ1v) is 12.1. The van der Waals surface area contributed by atoms with Crippen LogP contribution < -0.4 is 4.74 Å². The van der Waals surface area contributed by atoms with Crippen LogP contribution in [0.3, 0.4) is 0 Å². The highest BCUT2D eigenvalue weighted by atomic mass is 32.1. The van der Waals surface area contributed by atoms with Gasteiger partial charge in [-0.25, -0.2) is 4.39 Å². The minimum atomic E-state index is -0.329. The molecule has 2 heterocycles. The summed E-state index contributed by atoms with van der Waals surface area (Å²) in [4.78, 5) is 31.0. The van der Waals surface area contributed by atoms with E-state index in [9.17, 15) is 14.0 Å². The van der Waals surface area contributed by atoms with Gasteiger partial charge in [0.2, 0.25) is 11.8 Å². The number of halogens is 1. The Kier molecular flexibility index (Phi) is 7.75. The van der Waals surface area contributed by atoms with Crippen LogP contribution in [-0.4, -0.2) is 47.9 Å². The molecule has 1 aliphatic heterocycles. The second-order valence-corrected chi connectivity index (χ2v) is 9.14. The highest BCUT2D eigenvalue weighted by molar-refractivity contribution is 7.10. The summed E-state index contributed by atoms with van der Waals surface area (Å²) >= 11 is 1.67. The van der Waals surface area contributed by atoms with Crippen molar-refractivity contribution in [1.82, 2.24) is 9.80 Å². The molecule has 34 heavy (non-hydrogen) atoms. The summed E-state index contributed by atoms with van der Waals surface area (Å²) < 4.78 is 19.2. The molecule has 0 radical (unpaired) electrons. The molecule has 1 atom stereocenters. The van der Waals surface area contributed by atoms with E-state index < -0.39 is 0 Å². The molecule has 7 heteroatoms. The number of nitrogens with zero attached hydrogens (tertiary/aromatic N) is 2. The van der Waals surface area contributed by atoms with Crippen LogP contribution in [0.1, 0.15) is 22.0 Å². The molecule has 0 saturated carbocycles. The third-order valence-electron chi connectivity index (χ3n) is 5.86. The van der Waals surface area contributed by atoms with Crippen LogP contribution in [0, 0.1) is 5.82 Å². The lowest BCUT2D eigenvalue weighted by atomic mass is 10.0. The zero-order valence-electron chi connectivity index (χ0n) is 18.9. The largest absolute Gasteiger partial charge is 0.491 e. The average Bonchev–Trinajstić information content (AvgIpc) is 3.33. The zero-order chi connectivity index (χ0) is 23.9. The molecular formula is C27H27FN2O3S. The van der Waals surface area contributed by atoms with Gasteiger partial charge in [-0.15, -0.1) is 17.9 Å². The van der Waals surface area contributed by atoms with Crippen molar-refractivity contribution in [3.8, 4) is 5.75 Å². The second-order valence-electron chi connectivity index (χ2n) is 8.14. The Hall–Kier alpha value is -3.45. The third-order valence-corrected chi connectivity index (χ3v) is 6.86. The number of amides is 2. The summed E-state index contributed by atoms with van der Waals surface area (Å²) in [7, 11) is 0. The Morgan fingerprint density at radius 3 is 2.65 bits per heavy atom. The van der Waals surface area contributed by atoms with Crippen molar-refractivity contribution in [2.75, 3.05) is 26.2 Å². The highest BCUT2D eigenvalue weighted by Crippen LogP contribution is 2.34. The van der Waals surface area contributed by atoms with Gasteiger partial charge in [0.1, 0.15) is 24.7 Å². The number of carbonyl (C=O) groups is 2. The summed E-state index contributed by atoms with van der Waals surface area (Å²) in [6.45, 7) is 4.83. The fourth-order valence-electron chi connectivity index (χ4n) is 4.13. The molecule has 0 aliphatic carbocycles. The number of carbonyl (C=O) groups excluding carboxylic acids is 2. The van der Waals surface area contributed by atoms with Crippen LogP contribution in [0.5, 0.6) is 5.75 Å². The van der Waals surface area contributed by atoms with Gasteiger partial charge in [-0.2, -0.15) is 0 Å². The summed E-state index contributed by atoms with van der Waals surface area (Å²) in [5.41, 5.74) is 1.97. The molecule has 2 aromatic carbocycles. The number of fused-ring (bicyclic) bond motifs is 1. The molecule has 0 N–H and O–H groups in total. The molecule has 0 spiro atoms. The topological polar surface area (TPSA) is 49.9 Å². The fourth-order valence-corrected chi connectivity index (χ4v) is 5.06. The van der Waals surface area contributed by atoms with Gasteiger partial charge in [0.25, 0.3) is 0 Å². The monoisotopic (exact) mass is 478 g/mol. The first-order valence-electron chi connectivity index (χ1n) is 11.2. The lowest BCUT2D eigenvalue weighted by Gasteiger charge is -2.37. The van der Waals surface area contributed by atoms with Gasteiger partial charge in [-0.05, 0) is 53.3 Å². The normalized spacial score (nSPS) is 14.9. The van der Waals surface area contributed by atoms with E-state index in [1.54, 1.807) is 39.3 Å². The minimum Gasteiger partial charge on any atom is -0.491 e. The van der Waals surface area contributed by atoms with Gasteiger partial charge >= 0.3 is 0 Å². The summed E-state index contributed by atoms with van der Waals surface area (Å²) in [5.74, 6) is -0.0356. The van der Waals surface area contributed by atoms with Crippen molar-refractivity contribution < 1.29 is 18.7 Å². The van der Waals surface area contributed by atoms with E-state index in [-0.39, 0.29) is 43.2 Å². The van der Waals surface area contributed by atoms with Gasteiger partial charge in [0.15, 0.2) is 0 Å². The first-order chi connectivity index (χ1) is 16.5. The predicted octanol–water partition coefficient (Wildman–Crippen LogP) is 4.65. The molecule has 5 nitrogen and oxygen atoms in total. The van der Waals surface area contributed by atoms with Gasteiger partial charge in [0, 0.05) is 18.0 Å². The molecule has 0 unspecified atom stereocenters. The zero-order valence-corrected chi connectivity index (χ0v) is 19.7. The van der Waals surface area contributed by atoms with Gasteiger partial charge in [-0.3, -0.25) is 9.59 Å². The molecule has 0 saturated heterocycles. The smallest absolute Gasteiger partial charge is 0.242 e. The van der Waals surface area contributed by atoms with Crippen LogP contribution in [0.4, 0.5) is 4.39 Å².